The maximum atomic E-state index is 4.17. The second-order valence-corrected chi connectivity index (χ2v) is 13.8. The molecule has 2 heterocycles. The largest absolute Gasteiger partial charge is 0.309 e. The van der Waals surface area contributed by atoms with Gasteiger partial charge in [0, 0.05) is 38.0 Å². The highest BCUT2D eigenvalue weighted by Crippen LogP contribution is 2.47. The van der Waals surface area contributed by atoms with Crippen molar-refractivity contribution < 1.29 is 0 Å². The zero-order chi connectivity index (χ0) is 34.5. The van der Waals surface area contributed by atoms with Gasteiger partial charge in [-0.1, -0.05) is 135 Å². The maximum Gasteiger partial charge on any atom is 0.0619 e. The lowest BCUT2D eigenvalue weighted by atomic mass is 9.99. The molecule has 8 aromatic carbocycles. The topological polar surface area (TPSA) is 9.86 Å². The molecule has 0 radical (unpaired) electrons. The SMILES string of the molecule is C=CC1=C(C=C)c2ccc(-n3c4ccc(-c5ccc6c(c5)c5ccccc5n6-c5ccccc5)cc4c4ccc5ccccc5c43)c3cccc1c23. The third-order valence-corrected chi connectivity index (χ3v) is 11.2. The van der Waals surface area contributed by atoms with Crippen molar-refractivity contribution in [1.82, 2.24) is 9.13 Å². The standard InChI is InChI=1S/C50H32N2/c1-3-35-36(4-2)40-25-28-46(42-19-12-18-39(35)49(40)42)52-48-27-23-33(30-44(48)41-24-21-31-13-8-9-16-37(31)50(41)52)32-22-26-47-43(29-32)38-17-10-11-20-45(38)51(47)34-14-6-5-7-15-34/h3-30H,1-2H2. The summed E-state index contributed by atoms with van der Waals surface area (Å²) in [6.07, 6.45) is 3.94. The molecule has 0 spiro atoms. The molecule has 2 heteroatoms. The van der Waals surface area contributed by atoms with Crippen molar-refractivity contribution in [3.63, 3.8) is 0 Å². The lowest BCUT2D eigenvalue weighted by molar-refractivity contribution is 1.18. The van der Waals surface area contributed by atoms with E-state index in [-0.39, 0.29) is 0 Å². The summed E-state index contributed by atoms with van der Waals surface area (Å²) >= 11 is 0. The first-order valence-corrected chi connectivity index (χ1v) is 17.8. The van der Waals surface area contributed by atoms with E-state index in [0.29, 0.717) is 0 Å². The molecule has 0 amide bonds. The van der Waals surface area contributed by atoms with Crippen LogP contribution in [-0.2, 0) is 0 Å². The van der Waals surface area contributed by atoms with Crippen LogP contribution in [0, 0.1) is 0 Å². The van der Waals surface area contributed by atoms with Crippen LogP contribution in [0.1, 0.15) is 11.1 Å². The van der Waals surface area contributed by atoms with Crippen molar-refractivity contribution in [2.24, 2.45) is 0 Å². The van der Waals surface area contributed by atoms with E-state index >= 15 is 0 Å². The monoisotopic (exact) mass is 660 g/mol. The molecular weight excluding hydrogens is 629 g/mol. The van der Waals surface area contributed by atoms with E-state index in [0.717, 1.165) is 11.1 Å². The first-order valence-electron chi connectivity index (χ1n) is 17.8. The normalized spacial score (nSPS) is 12.7. The summed E-state index contributed by atoms with van der Waals surface area (Å²) in [4.78, 5) is 0. The van der Waals surface area contributed by atoms with E-state index in [4.69, 9.17) is 0 Å². The van der Waals surface area contributed by atoms with E-state index in [1.54, 1.807) is 0 Å². The van der Waals surface area contributed by atoms with Crippen molar-refractivity contribution in [1.29, 1.82) is 0 Å². The summed E-state index contributed by atoms with van der Waals surface area (Å²) in [6, 6.07) is 57.9. The van der Waals surface area contributed by atoms with Crippen LogP contribution in [0.3, 0.4) is 0 Å². The number of para-hydroxylation sites is 2. The zero-order valence-electron chi connectivity index (χ0n) is 28.5. The van der Waals surface area contributed by atoms with Gasteiger partial charge in [-0.25, -0.2) is 0 Å². The van der Waals surface area contributed by atoms with Gasteiger partial charge >= 0.3 is 0 Å². The molecular formula is C50H32N2. The molecule has 0 bridgehead atoms. The van der Waals surface area contributed by atoms with Gasteiger partial charge in [-0.3, -0.25) is 0 Å². The number of aromatic nitrogens is 2. The Balaban J connectivity index is 1.18. The minimum Gasteiger partial charge on any atom is -0.309 e. The maximum absolute atomic E-state index is 4.17. The molecule has 2 aromatic heterocycles. The Morgan fingerprint density at radius 1 is 0.404 bits per heavy atom. The molecule has 242 valence electrons. The number of fused-ring (bicyclic) bond motifs is 8. The molecule has 0 fully saturated rings. The van der Waals surface area contributed by atoms with Crippen LogP contribution in [-0.4, -0.2) is 9.13 Å². The lowest BCUT2D eigenvalue weighted by Crippen LogP contribution is -1.97. The Labute approximate surface area is 301 Å². The van der Waals surface area contributed by atoms with Crippen LogP contribution in [0.25, 0.3) is 98.8 Å². The number of allylic oxidation sites excluding steroid dienone is 4. The smallest absolute Gasteiger partial charge is 0.0619 e. The van der Waals surface area contributed by atoms with E-state index < -0.39 is 0 Å². The fourth-order valence-corrected chi connectivity index (χ4v) is 8.98. The van der Waals surface area contributed by atoms with Gasteiger partial charge in [0.05, 0.1) is 27.8 Å². The molecule has 0 saturated carbocycles. The molecule has 2 nitrogen and oxygen atoms in total. The molecule has 1 aliphatic rings. The highest BCUT2D eigenvalue weighted by atomic mass is 15.0. The molecule has 0 N–H and O–H groups in total. The summed E-state index contributed by atoms with van der Waals surface area (Å²) < 4.78 is 4.87. The van der Waals surface area contributed by atoms with Crippen LogP contribution >= 0.6 is 0 Å². The van der Waals surface area contributed by atoms with Crippen LogP contribution in [0.5, 0.6) is 0 Å². The molecule has 52 heavy (non-hydrogen) atoms. The van der Waals surface area contributed by atoms with Crippen molar-refractivity contribution >= 4 is 76.3 Å². The highest BCUT2D eigenvalue weighted by molar-refractivity contribution is 6.23. The Hall–Kier alpha value is -6.90. The Bertz CT molecular complexity index is 3180. The Kier molecular flexibility index (Phi) is 6.00. The molecule has 0 atom stereocenters. The number of hydrogen-bond acceptors (Lipinski definition) is 0. The predicted molar refractivity (Wildman–Crippen MR) is 223 cm³/mol. The van der Waals surface area contributed by atoms with Crippen molar-refractivity contribution in [2.75, 3.05) is 0 Å². The average molecular weight is 661 g/mol. The summed E-state index contributed by atoms with van der Waals surface area (Å²) in [5.41, 5.74) is 14.3. The zero-order valence-corrected chi connectivity index (χ0v) is 28.5. The number of hydrogen-bond donors (Lipinski definition) is 0. The third kappa shape index (κ3) is 3.84. The minimum atomic E-state index is 1.15. The van der Waals surface area contributed by atoms with Crippen molar-refractivity contribution in [3.8, 4) is 22.5 Å². The molecule has 0 unspecified atom stereocenters. The van der Waals surface area contributed by atoms with Crippen LogP contribution in [0.2, 0.25) is 0 Å². The third-order valence-electron chi connectivity index (χ3n) is 11.2. The van der Waals surface area contributed by atoms with E-state index in [1.807, 2.05) is 12.2 Å². The minimum absolute atomic E-state index is 1.15. The lowest BCUT2D eigenvalue weighted by Gasteiger charge is -2.15. The first-order chi connectivity index (χ1) is 25.7. The molecule has 0 saturated heterocycles. The molecule has 1 aliphatic carbocycles. The van der Waals surface area contributed by atoms with E-state index in [9.17, 15) is 0 Å². The van der Waals surface area contributed by atoms with Gasteiger partial charge in [-0.15, -0.1) is 0 Å². The van der Waals surface area contributed by atoms with Gasteiger partial charge in [0.15, 0.2) is 0 Å². The molecule has 10 aromatic rings. The summed E-state index contributed by atoms with van der Waals surface area (Å²) in [5.74, 6) is 0. The van der Waals surface area contributed by atoms with Crippen molar-refractivity contribution in [2.45, 2.75) is 0 Å². The number of rotatable bonds is 5. The number of benzene rings is 8. The fourth-order valence-electron chi connectivity index (χ4n) is 8.98. The van der Waals surface area contributed by atoms with Crippen LogP contribution in [0.15, 0.2) is 183 Å². The second-order valence-electron chi connectivity index (χ2n) is 13.8. The van der Waals surface area contributed by atoms with Gasteiger partial charge in [0.1, 0.15) is 0 Å². The summed E-state index contributed by atoms with van der Waals surface area (Å²) in [7, 11) is 0. The van der Waals surface area contributed by atoms with Gasteiger partial charge < -0.3 is 9.13 Å². The van der Waals surface area contributed by atoms with Gasteiger partial charge in [-0.2, -0.15) is 0 Å². The Morgan fingerprint density at radius 3 is 1.79 bits per heavy atom. The van der Waals surface area contributed by atoms with Gasteiger partial charge in [-0.05, 0) is 92.7 Å². The van der Waals surface area contributed by atoms with Crippen LogP contribution < -0.4 is 0 Å². The number of nitrogens with zero attached hydrogens (tertiary/aromatic N) is 2. The van der Waals surface area contributed by atoms with Gasteiger partial charge in [0.25, 0.3) is 0 Å². The van der Waals surface area contributed by atoms with Crippen LogP contribution in [0.4, 0.5) is 0 Å². The second kappa shape index (κ2) is 10.8. The van der Waals surface area contributed by atoms with E-state index in [2.05, 4.69) is 180 Å². The summed E-state index contributed by atoms with van der Waals surface area (Å²) in [5, 5.41) is 9.96. The predicted octanol–water partition coefficient (Wildman–Crippen LogP) is 13.5. The molecule has 0 aliphatic heterocycles. The quantitative estimate of drug-likeness (QED) is 0.174. The molecule has 11 rings (SSSR count). The fraction of sp³-hybridized carbons (Fsp3) is 0. The average Bonchev–Trinajstić information content (AvgIpc) is 3.84. The van der Waals surface area contributed by atoms with E-state index in [1.165, 1.54) is 98.8 Å². The van der Waals surface area contributed by atoms with Gasteiger partial charge in [0.2, 0.25) is 0 Å². The Morgan fingerprint density at radius 2 is 1.02 bits per heavy atom. The summed E-state index contributed by atoms with van der Waals surface area (Å²) in [6.45, 7) is 8.33. The first kappa shape index (κ1) is 28.9. The highest BCUT2D eigenvalue weighted by Gasteiger charge is 2.24. The van der Waals surface area contributed by atoms with Crippen molar-refractivity contribution in [3.05, 3.63) is 194 Å².